The first-order chi connectivity index (χ1) is 17.2. The van der Waals surface area contributed by atoms with E-state index < -0.39 is 23.8 Å². The molecule has 2 unspecified atom stereocenters. The molecule has 0 aromatic heterocycles. The molecule has 36 heavy (non-hydrogen) atoms. The van der Waals surface area contributed by atoms with E-state index >= 15 is 0 Å². The number of alkyl halides is 3. The number of hydrogen-bond donors (Lipinski definition) is 3. The molecular weight excluding hydrogens is 476 g/mol. The summed E-state index contributed by atoms with van der Waals surface area (Å²) in [6.45, 7) is 1.95. The number of carbonyl (C=O) groups excluding carboxylic acids is 1. The molecule has 196 valence electrons. The van der Waals surface area contributed by atoms with Crippen molar-refractivity contribution < 1.29 is 32.2 Å². The van der Waals surface area contributed by atoms with Crippen LogP contribution in [0.3, 0.4) is 0 Å². The number of carbonyl (C=O) groups is 1. The van der Waals surface area contributed by atoms with E-state index in [0.717, 1.165) is 6.20 Å². The van der Waals surface area contributed by atoms with Crippen LogP contribution in [0.2, 0.25) is 0 Å². The van der Waals surface area contributed by atoms with Crippen LogP contribution in [0.15, 0.2) is 42.6 Å². The van der Waals surface area contributed by atoms with E-state index in [4.69, 9.17) is 10.5 Å². The van der Waals surface area contributed by atoms with Crippen LogP contribution in [-0.2, 0) is 17.6 Å². The Labute approximate surface area is 208 Å². The molecule has 0 saturated heterocycles. The molecule has 1 aliphatic heterocycles. The summed E-state index contributed by atoms with van der Waals surface area (Å²) in [7, 11) is 0. The van der Waals surface area contributed by atoms with Crippen LogP contribution < -0.4 is 15.8 Å². The van der Waals surface area contributed by atoms with Gasteiger partial charge in [-0.3, -0.25) is 4.79 Å². The van der Waals surface area contributed by atoms with Crippen molar-refractivity contribution >= 4 is 17.0 Å². The number of fused-ring (bicyclic) bond motifs is 1. The lowest BCUT2D eigenvalue weighted by molar-refractivity contribution is -0.159. The summed E-state index contributed by atoms with van der Waals surface area (Å²) in [5.74, 6) is -2.17. The van der Waals surface area contributed by atoms with Crippen LogP contribution >= 0.6 is 0 Å². The largest absolute Gasteiger partial charge is 0.493 e. The highest BCUT2D eigenvalue weighted by molar-refractivity contribution is 5.86. The third-order valence-corrected chi connectivity index (χ3v) is 6.42. The molecule has 5 nitrogen and oxygen atoms in total. The van der Waals surface area contributed by atoms with E-state index in [9.17, 15) is 27.5 Å². The van der Waals surface area contributed by atoms with Crippen molar-refractivity contribution in [2.75, 3.05) is 25.1 Å². The molecule has 0 bridgehead atoms. The smallest absolute Gasteiger partial charge is 0.395 e. The van der Waals surface area contributed by atoms with E-state index in [1.165, 1.54) is 24.3 Å². The molecule has 2 aromatic carbocycles. The lowest BCUT2D eigenvalue weighted by atomic mass is 9.86. The molecule has 2 aromatic rings. The number of nitrogens with two attached hydrogens (primary N) is 1. The number of unbranched alkanes of at least 4 members (excludes halogenated alkanes) is 1. The van der Waals surface area contributed by atoms with E-state index in [-0.39, 0.29) is 44.0 Å². The van der Waals surface area contributed by atoms with Crippen LogP contribution in [0.25, 0.3) is 5.57 Å². The molecule has 0 aliphatic carbocycles. The van der Waals surface area contributed by atoms with Gasteiger partial charge in [-0.15, -0.1) is 0 Å². The molecule has 0 spiro atoms. The van der Waals surface area contributed by atoms with Gasteiger partial charge in [0.2, 0.25) is 0 Å². The van der Waals surface area contributed by atoms with E-state index in [1.807, 2.05) is 6.92 Å². The molecule has 1 heterocycles. The average molecular weight is 509 g/mol. The van der Waals surface area contributed by atoms with Gasteiger partial charge in [0.05, 0.1) is 25.0 Å². The van der Waals surface area contributed by atoms with Crippen molar-refractivity contribution in [2.24, 2.45) is 17.6 Å². The molecule has 3 rings (SSSR count). The van der Waals surface area contributed by atoms with Gasteiger partial charge in [0.15, 0.2) is 0 Å². The van der Waals surface area contributed by atoms with Gasteiger partial charge in [0, 0.05) is 18.7 Å². The SMILES string of the molecule is CCCCC(/C(=C\N)c1ccc(CC(=O)C2COc3ccc(F)cc3C2)c(NCCO)c1)C(F)(F)F. The number of nitrogens with one attached hydrogen (secondary N) is 1. The van der Waals surface area contributed by atoms with Crippen LogP contribution in [0, 0.1) is 17.7 Å². The molecule has 0 amide bonds. The number of anilines is 1. The Balaban J connectivity index is 1.85. The fourth-order valence-electron chi connectivity index (χ4n) is 4.48. The predicted octanol–water partition coefficient (Wildman–Crippen LogP) is 5.26. The number of rotatable bonds is 11. The van der Waals surface area contributed by atoms with E-state index in [1.54, 1.807) is 12.1 Å². The van der Waals surface area contributed by atoms with Crippen molar-refractivity contribution in [3.63, 3.8) is 0 Å². The first kappa shape index (κ1) is 27.5. The Kier molecular flexibility index (Phi) is 9.37. The van der Waals surface area contributed by atoms with Crippen molar-refractivity contribution in [3.8, 4) is 5.75 Å². The quantitative estimate of drug-likeness (QED) is 0.361. The van der Waals surface area contributed by atoms with Gasteiger partial charge in [-0.2, -0.15) is 13.2 Å². The standard InChI is InChI=1S/C27H32F4N2O3/c1-2-3-4-23(27(29,30)31)22(15-32)17-5-6-18(24(13-17)33-9-10-34)14-25(35)20-11-19-12-21(28)7-8-26(19)36-16-20/h5-8,12-13,15,20,23,33-34H,2-4,9-11,14,16,32H2,1H3/b22-15-. The Bertz CT molecular complexity index is 1090. The summed E-state index contributed by atoms with van der Waals surface area (Å²) in [6.07, 6.45) is -2.16. The average Bonchev–Trinajstić information content (AvgIpc) is 2.84. The number of aliphatic hydroxyl groups excluding tert-OH is 1. The predicted molar refractivity (Wildman–Crippen MR) is 131 cm³/mol. The van der Waals surface area contributed by atoms with Crippen molar-refractivity contribution in [2.45, 2.75) is 45.2 Å². The molecule has 2 atom stereocenters. The Morgan fingerprint density at radius 3 is 2.72 bits per heavy atom. The van der Waals surface area contributed by atoms with Gasteiger partial charge < -0.3 is 20.9 Å². The third kappa shape index (κ3) is 6.78. The third-order valence-electron chi connectivity index (χ3n) is 6.42. The van der Waals surface area contributed by atoms with E-state index in [0.29, 0.717) is 47.4 Å². The van der Waals surface area contributed by atoms with Crippen molar-refractivity contribution in [1.29, 1.82) is 0 Å². The Hall–Kier alpha value is -3.07. The van der Waals surface area contributed by atoms with Crippen LogP contribution in [-0.4, -0.2) is 36.8 Å². The minimum Gasteiger partial charge on any atom is -0.493 e. The van der Waals surface area contributed by atoms with Gasteiger partial charge in [-0.05, 0) is 65.6 Å². The van der Waals surface area contributed by atoms with Crippen LogP contribution in [0.5, 0.6) is 5.75 Å². The molecule has 0 radical (unpaired) electrons. The van der Waals surface area contributed by atoms with Gasteiger partial charge >= 0.3 is 6.18 Å². The first-order valence-corrected chi connectivity index (χ1v) is 12.1. The first-order valence-electron chi connectivity index (χ1n) is 12.1. The molecule has 0 saturated carbocycles. The fourth-order valence-corrected chi connectivity index (χ4v) is 4.48. The second-order valence-corrected chi connectivity index (χ2v) is 8.99. The van der Waals surface area contributed by atoms with Crippen LogP contribution in [0.1, 0.15) is 42.9 Å². The zero-order chi connectivity index (χ0) is 26.3. The van der Waals surface area contributed by atoms with Gasteiger partial charge in [-0.1, -0.05) is 31.9 Å². The minimum atomic E-state index is -4.45. The Morgan fingerprint density at radius 1 is 1.28 bits per heavy atom. The second kappa shape index (κ2) is 12.3. The summed E-state index contributed by atoms with van der Waals surface area (Å²) in [4.78, 5) is 13.1. The number of ether oxygens (including phenoxy) is 1. The molecule has 1 aliphatic rings. The summed E-state index contributed by atoms with van der Waals surface area (Å²) >= 11 is 0. The summed E-state index contributed by atoms with van der Waals surface area (Å²) in [5.41, 5.74) is 7.60. The maximum Gasteiger partial charge on any atom is 0.395 e. The van der Waals surface area contributed by atoms with Gasteiger partial charge in [0.25, 0.3) is 0 Å². The van der Waals surface area contributed by atoms with Crippen molar-refractivity contribution in [1.82, 2.24) is 0 Å². The fraction of sp³-hybridized carbons (Fsp3) is 0.444. The number of allylic oxidation sites excluding steroid dienone is 1. The second-order valence-electron chi connectivity index (χ2n) is 8.99. The highest BCUT2D eigenvalue weighted by atomic mass is 19.4. The van der Waals surface area contributed by atoms with Gasteiger partial charge in [0.1, 0.15) is 17.3 Å². The maximum absolute atomic E-state index is 13.8. The highest BCUT2D eigenvalue weighted by Crippen LogP contribution is 2.41. The number of hydrogen-bond acceptors (Lipinski definition) is 5. The zero-order valence-corrected chi connectivity index (χ0v) is 20.2. The van der Waals surface area contributed by atoms with E-state index in [2.05, 4.69) is 5.32 Å². The lowest BCUT2D eigenvalue weighted by Crippen LogP contribution is -2.29. The van der Waals surface area contributed by atoms with Gasteiger partial charge in [-0.25, -0.2) is 4.39 Å². The normalized spacial score (nSPS) is 16.7. The summed E-state index contributed by atoms with van der Waals surface area (Å²) in [5, 5.41) is 12.3. The highest BCUT2D eigenvalue weighted by Gasteiger charge is 2.41. The monoisotopic (exact) mass is 508 g/mol. The maximum atomic E-state index is 13.8. The number of halogens is 4. The minimum absolute atomic E-state index is 0.00687. The zero-order valence-electron chi connectivity index (χ0n) is 20.2. The molecule has 9 heteroatoms. The molecular formula is C27H32F4N2O3. The van der Waals surface area contributed by atoms with Crippen LogP contribution in [0.4, 0.5) is 23.2 Å². The number of aliphatic hydroxyl groups is 1. The molecule has 4 N–H and O–H groups in total. The summed E-state index contributed by atoms with van der Waals surface area (Å²) in [6, 6.07) is 8.90. The topological polar surface area (TPSA) is 84.6 Å². The summed E-state index contributed by atoms with van der Waals surface area (Å²) < 4.78 is 60.8. The number of ketones is 1. The lowest BCUT2D eigenvalue weighted by Gasteiger charge is -2.25. The molecule has 0 fully saturated rings. The Morgan fingerprint density at radius 2 is 2.06 bits per heavy atom. The number of benzene rings is 2. The number of Topliss-reactive ketones (excluding diaryl/α,β-unsaturated/α-hetero) is 1. The van der Waals surface area contributed by atoms with Crippen molar-refractivity contribution in [3.05, 3.63) is 65.1 Å².